The van der Waals surface area contributed by atoms with E-state index in [1.54, 1.807) is 30.3 Å². The standard InChI is InChI=1S/C13H11F3N2O.C10H11N.C7H15NSi.CH4/c1-2-8-18(12(19)13(14,15)16)11(9-17)10-6-4-3-5-7-10;1-2-8-11-9-10-6-4-3-5-7-10;1-7(2,3)9(4,5)6-8;/h2-7,11H,1,8H2;2-7,9H,1,8H2;1-5H3;1H4. The van der Waals surface area contributed by atoms with Crippen LogP contribution in [0, 0.1) is 22.3 Å². The maximum Gasteiger partial charge on any atom is 0.471 e. The molecule has 0 radical (unpaired) electrons. The number of rotatable bonds is 7. The molecule has 0 saturated heterocycles. The third-order valence-corrected chi connectivity index (χ3v) is 10.1. The van der Waals surface area contributed by atoms with Crippen molar-refractivity contribution >= 4 is 20.2 Å². The Hall–Kier alpha value is -3.95. The number of alkyl halides is 3. The van der Waals surface area contributed by atoms with Gasteiger partial charge >= 0.3 is 12.1 Å². The second kappa shape index (κ2) is 18.4. The van der Waals surface area contributed by atoms with Crippen LogP contribution >= 0.6 is 0 Å². The molecule has 0 heterocycles. The molecule has 0 N–H and O–H groups in total. The summed E-state index contributed by atoms with van der Waals surface area (Å²) in [5.41, 5.74) is 3.88. The van der Waals surface area contributed by atoms with Crippen molar-refractivity contribution in [1.82, 2.24) is 4.90 Å². The molecule has 0 fully saturated rings. The minimum absolute atomic E-state index is 0. The smallest absolute Gasteiger partial charge is 0.311 e. The molecule has 5 nitrogen and oxygen atoms in total. The third kappa shape index (κ3) is 13.7. The Bertz CT molecular complexity index is 1140. The van der Waals surface area contributed by atoms with Gasteiger partial charge in [0, 0.05) is 18.5 Å². The van der Waals surface area contributed by atoms with Gasteiger partial charge in [0.05, 0.1) is 12.6 Å². The third-order valence-electron chi connectivity index (χ3n) is 5.81. The zero-order valence-electron chi connectivity index (χ0n) is 23.2. The monoisotopic (exact) mass is 570 g/mol. The summed E-state index contributed by atoms with van der Waals surface area (Å²) in [6.45, 7) is 17.8. The Morgan fingerprint density at radius 3 is 1.85 bits per heavy atom. The number of hydrogen-bond donors (Lipinski definition) is 0. The van der Waals surface area contributed by atoms with Crippen molar-refractivity contribution in [3.63, 3.8) is 0 Å². The largest absolute Gasteiger partial charge is 0.471 e. The van der Waals surface area contributed by atoms with E-state index in [0.29, 0.717) is 17.0 Å². The van der Waals surface area contributed by atoms with Crippen molar-refractivity contribution in [3.8, 4) is 11.8 Å². The Kier molecular flexibility index (Phi) is 17.5. The maximum absolute atomic E-state index is 12.5. The summed E-state index contributed by atoms with van der Waals surface area (Å²) in [5, 5.41) is 18.0. The number of hydrogen-bond acceptors (Lipinski definition) is 4. The van der Waals surface area contributed by atoms with Crippen molar-refractivity contribution in [3.05, 3.63) is 97.1 Å². The van der Waals surface area contributed by atoms with Gasteiger partial charge in [-0.15, -0.1) is 13.2 Å². The highest BCUT2D eigenvalue weighted by Gasteiger charge is 2.44. The second-order valence-corrected chi connectivity index (χ2v) is 14.8. The normalized spacial score (nSPS) is 11.6. The van der Waals surface area contributed by atoms with Gasteiger partial charge < -0.3 is 4.90 Å². The second-order valence-electron chi connectivity index (χ2n) is 9.87. The number of carbonyl (C=O) groups excluding carboxylic acids is 1. The van der Waals surface area contributed by atoms with Gasteiger partial charge in [-0.1, -0.05) is 114 Å². The first kappa shape index (κ1) is 38.2. The molecule has 9 heteroatoms. The zero-order valence-corrected chi connectivity index (χ0v) is 24.2. The van der Waals surface area contributed by atoms with E-state index in [4.69, 9.17) is 10.5 Å². The molecule has 0 aliphatic heterocycles. The Labute approximate surface area is 239 Å². The highest BCUT2D eigenvalue weighted by atomic mass is 28.3. The van der Waals surface area contributed by atoms with Gasteiger partial charge in [-0.25, -0.2) is 5.26 Å². The van der Waals surface area contributed by atoms with Crippen LogP contribution in [-0.4, -0.2) is 44.4 Å². The van der Waals surface area contributed by atoms with Crippen LogP contribution in [0.5, 0.6) is 0 Å². The fraction of sp³-hybridized carbons (Fsp3) is 0.355. The molecule has 0 saturated carbocycles. The number of aliphatic imine (C=N–C) groups is 1. The van der Waals surface area contributed by atoms with Crippen molar-refractivity contribution < 1.29 is 18.0 Å². The Balaban J connectivity index is 0. The predicted molar refractivity (Wildman–Crippen MR) is 161 cm³/mol. The SMILES string of the molecule is C.C=CCN(C(=O)C(F)(F)F)C(C#N)c1ccccc1.C=CCN=Cc1ccccc1.CC(C)(C)[Si](C)(C)C#N. The minimum atomic E-state index is -5.02. The first-order chi connectivity index (χ1) is 18.2. The van der Waals surface area contributed by atoms with E-state index in [0.717, 1.165) is 11.6 Å². The quantitative estimate of drug-likeness (QED) is 0.191. The molecule has 40 heavy (non-hydrogen) atoms. The van der Waals surface area contributed by atoms with E-state index >= 15 is 0 Å². The number of amides is 1. The highest BCUT2D eigenvalue weighted by molar-refractivity contribution is 6.87. The van der Waals surface area contributed by atoms with Crippen LogP contribution in [0.3, 0.4) is 0 Å². The lowest BCUT2D eigenvalue weighted by molar-refractivity contribution is -0.186. The summed E-state index contributed by atoms with van der Waals surface area (Å²) in [5.74, 6) is -2.05. The van der Waals surface area contributed by atoms with Crippen LogP contribution in [0.15, 0.2) is 91.0 Å². The summed E-state index contributed by atoms with van der Waals surface area (Å²) >= 11 is 0. The Morgan fingerprint density at radius 2 is 1.50 bits per heavy atom. The van der Waals surface area contributed by atoms with Crippen LogP contribution in [0.25, 0.3) is 0 Å². The van der Waals surface area contributed by atoms with Crippen LogP contribution < -0.4 is 0 Å². The van der Waals surface area contributed by atoms with Crippen molar-refractivity contribution in [2.45, 2.75) is 58.5 Å². The summed E-state index contributed by atoms with van der Waals surface area (Å²) in [6.07, 6.45) is -0.245. The van der Waals surface area contributed by atoms with Crippen LogP contribution in [0.1, 0.15) is 45.4 Å². The topological polar surface area (TPSA) is 80.2 Å². The molecule has 216 valence electrons. The Morgan fingerprint density at radius 1 is 1.00 bits per heavy atom. The molecule has 0 bridgehead atoms. The molecule has 0 aromatic heterocycles. The lowest BCUT2D eigenvalue weighted by Crippen LogP contribution is -2.43. The van der Waals surface area contributed by atoms with E-state index in [9.17, 15) is 18.0 Å². The fourth-order valence-corrected chi connectivity index (χ4v) is 2.84. The average molecular weight is 571 g/mol. The first-order valence-electron chi connectivity index (χ1n) is 12.2. The van der Waals surface area contributed by atoms with Gasteiger partial charge in [-0.05, 0) is 16.2 Å². The summed E-state index contributed by atoms with van der Waals surface area (Å²) in [6, 6.07) is 18.3. The number of halogens is 3. The molecule has 0 aliphatic carbocycles. The number of nitriles is 2. The fourth-order valence-electron chi connectivity index (χ4n) is 2.51. The number of nitrogens with zero attached hydrogens (tertiary/aromatic N) is 4. The molecule has 1 amide bonds. The van der Waals surface area contributed by atoms with E-state index in [-0.39, 0.29) is 19.0 Å². The molecule has 2 aromatic carbocycles. The van der Waals surface area contributed by atoms with Crippen molar-refractivity contribution in [2.75, 3.05) is 13.1 Å². The van der Waals surface area contributed by atoms with Gasteiger partial charge in [-0.2, -0.15) is 18.4 Å². The van der Waals surface area contributed by atoms with Crippen LogP contribution in [0.2, 0.25) is 18.1 Å². The van der Waals surface area contributed by atoms with Gasteiger partial charge in [-0.3, -0.25) is 9.79 Å². The first-order valence-corrected chi connectivity index (χ1v) is 15.2. The highest BCUT2D eigenvalue weighted by Crippen LogP contribution is 2.34. The van der Waals surface area contributed by atoms with Gasteiger partial charge in [0.25, 0.3) is 0 Å². The lowest BCUT2D eigenvalue weighted by atomic mass is 10.1. The van der Waals surface area contributed by atoms with E-state index < -0.39 is 26.2 Å². The van der Waals surface area contributed by atoms with Gasteiger partial charge in [0.1, 0.15) is 6.04 Å². The molecule has 0 spiro atoms. The number of carbonyl (C=O) groups is 1. The van der Waals surface area contributed by atoms with E-state index in [2.05, 4.69) is 57.7 Å². The van der Waals surface area contributed by atoms with Crippen molar-refractivity contribution in [1.29, 1.82) is 10.5 Å². The van der Waals surface area contributed by atoms with E-state index in [1.807, 2.05) is 36.5 Å². The lowest BCUT2D eigenvalue weighted by Gasteiger charge is -2.29. The zero-order chi connectivity index (χ0) is 30.1. The summed E-state index contributed by atoms with van der Waals surface area (Å²) < 4.78 is 37.5. The molecule has 1 atom stereocenters. The predicted octanol–water partition coefficient (Wildman–Crippen LogP) is 8.31. The van der Waals surface area contributed by atoms with Crippen LogP contribution in [0.4, 0.5) is 13.2 Å². The van der Waals surface area contributed by atoms with Gasteiger partial charge in [0.15, 0.2) is 8.07 Å². The maximum atomic E-state index is 12.5. The molecule has 0 aliphatic rings. The molecular formula is C31H41F3N4OSi. The van der Waals surface area contributed by atoms with Crippen molar-refractivity contribution in [2.24, 2.45) is 4.99 Å². The summed E-state index contributed by atoms with van der Waals surface area (Å²) in [4.78, 5) is 15.9. The molecule has 2 aromatic rings. The molecular weight excluding hydrogens is 529 g/mol. The number of benzene rings is 2. The molecule has 1 unspecified atom stereocenters. The summed E-state index contributed by atoms with van der Waals surface area (Å²) in [7, 11) is -1.57. The molecule has 2 rings (SSSR count). The van der Waals surface area contributed by atoms with E-state index in [1.165, 1.54) is 12.1 Å². The minimum Gasteiger partial charge on any atom is -0.311 e. The average Bonchev–Trinajstić information content (AvgIpc) is 2.89. The van der Waals surface area contributed by atoms with Crippen LogP contribution in [-0.2, 0) is 4.79 Å². The van der Waals surface area contributed by atoms with Gasteiger partial charge in [0.2, 0.25) is 0 Å².